The molecule has 0 unspecified atom stereocenters. The van der Waals surface area contributed by atoms with Crippen molar-refractivity contribution in [3.8, 4) is 0 Å². The molecule has 0 radical (unpaired) electrons. The number of rotatable bonds is 4. The molecule has 4 rings (SSSR count). The highest BCUT2D eigenvalue weighted by molar-refractivity contribution is 7.10. The maximum Gasteiger partial charge on any atom is 0.318 e. The van der Waals surface area contributed by atoms with E-state index in [2.05, 4.69) is 20.8 Å². The predicted octanol–water partition coefficient (Wildman–Crippen LogP) is 4.18. The second kappa shape index (κ2) is 7.39. The molecule has 7 heteroatoms. The molecule has 0 bridgehead atoms. The van der Waals surface area contributed by atoms with E-state index < -0.39 is 0 Å². The molecule has 26 heavy (non-hydrogen) atoms. The van der Waals surface area contributed by atoms with Crippen LogP contribution in [-0.4, -0.2) is 27.6 Å². The van der Waals surface area contributed by atoms with E-state index in [4.69, 9.17) is 4.52 Å². The van der Waals surface area contributed by atoms with Crippen LogP contribution in [0.3, 0.4) is 0 Å². The number of aryl methyl sites for hydroxylation is 1. The Kier molecular flexibility index (Phi) is 4.98. The molecule has 140 valence electrons. The van der Waals surface area contributed by atoms with E-state index in [1.807, 2.05) is 30.1 Å². The molecule has 2 aromatic rings. The van der Waals surface area contributed by atoms with Crippen LogP contribution >= 0.6 is 11.3 Å². The maximum absolute atomic E-state index is 12.8. The summed E-state index contributed by atoms with van der Waals surface area (Å²) in [7, 11) is 0. The average Bonchev–Trinajstić information content (AvgIpc) is 3.37. The van der Waals surface area contributed by atoms with Gasteiger partial charge >= 0.3 is 6.03 Å². The highest BCUT2D eigenvalue weighted by atomic mass is 32.1. The summed E-state index contributed by atoms with van der Waals surface area (Å²) >= 11 is 1.84. The van der Waals surface area contributed by atoms with E-state index in [-0.39, 0.29) is 18.0 Å². The molecule has 1 atom stereocenters. The van der Waals surface area contributed by atoms with Crippen LogP contribution in [0.5, 0.6) is 0 Å². The Labute approximate surface area is 158 Å². The molecule has 1 fully saturated rings. The number of nitrogens with one attached hydrogen (secondary N) is 1. The van der Waals surface area contributed by atoms with Crippen molar-refractivity contribution in [3.05, 3.63) is 33.1 Å². The standard InChI is InChI=1S/C19H26N4O2S/c1-12(2)17-21-18(25-22-17)15-7-5-9-23(15)19(24)20-10-13-11-26-16-8-4-3-6-14(13)16/h11-12,15H,3-10H2,1-2H3,(H,20,24)/t15-/m0/s1. The molecule has 1 aliphatic carbocycles. The van der Waals surface area contributed by atoms with Gasteiger partial charge in [0.05, 0.1) is 0 Å². The van der Waals surface area contributed by atoms with Gasteiger partial charge in [-0.3, -0.25) is 0 Å². The van der Waals surface area contributed by atoms with Crippen molar-refractivity contribution in [2.24, 2.45) is 0 Å². The number of nitrogens with zero attached hydrogens (tertiary/aromatic N) is 3. The van der Waals surface area contributed by atoms with Crippen LogP contribution in [0.15, 0.2) is 9.90 Å². The number of carbonyl (C=O) groups is 1. The molecule has 0 spiro atoms. The Morgan fingerprint density at radius 3 is 3.04 bits per heavy atom. The van der Waals surface area contributed by atoms with E-state index in [9.17, 15) is 4.79 Å². The van der Waals surface area contributed by atoms with E-state index >= 15 is 0 Å². The van der Waals surface area contributed by atoms with Crippen LogP contribution in [-0.2, 0) is 19.4 Å². The summed E-state index contributed by atoms with van der Waals surface area (Å²) in [6.07, 6.45) is 6.73. The third-order valence-electron chi connectivity index (χ3n) is 5.35. The highest BCUT2D eigenvalue weighted by Crippen LogP contribution is 2.32. The molecule has 0 aromatic carbocycles. The van der Waals surface area contributed by atoms with Crippen molar-refractivity contribution in [2.75, 3.05) is 6.54 Å². The van der Waals surface area contributed by atoms with Crippen molar-refractivity contribution >= 4 is 17.4 Å². The number of urea groups is 1. The largest absolute Gasteiger partial charge is 0.337 e. The van der Waals surface area contributed by atoms with Crippen molar-refractivity contribution < 1.29 is 9.32 Å². The first-order chi connectivity index (χ1) is 12.6. The summed E-state index contributed by atoms with van der Waals surface area (Å²) in [5.41, 5.74) is 2.76. The van der Waals surface area contributed by atoms with Crippen molar-refractivity contribution in [1.29, 1.82) is 0 Å². The highest BCUT2D eigenvalue weighted by Gasteiger charge is 2.34. The quantitative estimate of drug-likeness (QED) is 0.871. The minimum Gasteiger partial charge on any atom is -0.337 e. The van der Waals surface area contributed by atoms with Gasteiger partial charge in [0.15, 0.2) is 5.82 Å². The summed E-state index contributed by atoms with van der Waals surface area (Å²) in [5.74, 6) is 1.49. The molecule has 1 saturated heterocycles. The van der Waals surface area contributed by atoms with Gasteiger partial charge in [-0.2, -0.15) is 4.98 Å². The summed E-state index contributed by atoms with van der Waals surface area (Å²) in [6.45, 7) is 5.41. The minimum atomic E-state index is -0.105. The summed E-state index contributed by atoms with van der Waals surface area (Å²) in [6, 6.07) is -0.140. The Bertz CT molecular complexity index is 782. The van der Waals surface area contributed by atoms with Crippen LogP contribution in [0, 0.1) is 0 Å². The van der Waals surface area contributed by atoms with Gasteiger partial charge in [0.1, 0.15) is 6.04 Å². The predicted molar refractivity (Wildman–Crippen MR) is 100 cm³/mol. The zero-order valence-corrected chi connectivity index (χ0v) is 16.3. The summed E-state index contributed by atoms with van der Waals surface area (Å²) < 4.78 is 5.43. The summed E-state index contributed by atoms with van der Waals surface area (Å²) in [4.78, 5) is 20.6. The molecule has 2 aliphatic rings. The first kappa shape index (κ1) is 17.5. The Hall–Kier alpha value is -1.89. The number of thiophene rings is 1. The molecular formula is C19H26N4O2S. The summed E-state index contributed by atoms with van der Waals surface area (Å²) in [5, 5.41) is 9.37. The minimum absolute atomic E-state index is 0.0347. The second-order valence-electron chi connectivity index (χ2n) is 7.53. The van der Waals surface area contributed by atoms with E-state index in [0.29, 0.717) is 18.3 Å². The molecule has 1 N–H and O–H groups in total. The smallest absolute Gasteiger partial charge is 0.318 e. The van der Waals surface area contributed by atoms with E-state index in [0.717, 1.165) is 25.8 Å². The SMILES string of the molecule is CC(C)c1noc([C@@H]2CCCN2C(=O)NCc2csc3c2CCCC3)n1. The number of amides is 2. The Morgan fingerprint density at radius 1 is 1.38 bits per heavy atom. The van der Waals surface area contributed by atoms with Crippen LogP contribution in [0.1, 0.15) is 79.2 Å². The topological polar surface area (TPSA) is 71.3 Å². The lowest BCUT2D eigenvalue weighted by Gasteiger charge is -2.22. The van der Waals surface area contributed by atoms with Gasteiger partial charge in [-0.05, 0) is 55.0 Å². The zero-order valence-electron chi connectivity index (χ0n) is 15.5. The van der Waals surface area contributed by atoms with E-state index in [1.54, 1.807) is 0 Å². The molecular weight excluding hydrogens is 348 g/mol. The maximum atomic E-state index is 12.8. The fourth-order valence-electron chi connectivity index (χ4n) is 3.87. The van der Waals surface area contributed by atoms with Gasteiger partial charge in [0.25, 0.3) is 0 Å². The molecule has 2 aromatic heterocycles. The number of likely N-dealkylation sites (tertiary alicyclic amines) is 1. The van der Waals surface area contributed by atoms with Gasteiger partial charge in [0, 0.05) is 23.9 Å². The molecule has 2 amide bonds. The second-order valence-corrected chi connectivity index (χ2v) is 8.49. The number of fused-ring (bicyclic) bond motifs is 1. The number of carbonyl (C=O) groups excluding carboxylic acids is 1. The van der Waals surface area contributed by atoms with Gasteiger partial charge in [0.2, 0.25) is 5.89 Å². The number of hydrogen-bond donors (Lipinski definition) is 1. The van der Waals surface area contributed by atoms with Crippen molar-refractivity contribution in [3.63, 3.8) is 0 Å². The monoisotopic (exact) mass is 374 g/mol. The van der Waals surface area contributed by atoms with Crippen LogP contribution in [0.25, 0.3) is 0 Å². The van der Waals surface area contributed by atoms with Gasteiger partial charge < -0.3 is 14.7 Å². The van der Waals surface area contributed by atoms with Gasteiger partial charge in [-0.15, -0.1) is 11.3 Å². The molecule has 0 saturated carbocycles. The van der Waals surface area contributed by atoms with Crippen LogP contribution in [0.2, 0.25) is 0 Å². The number of hydrogen-bond acceptors (Lipinski definition) is 5. The van der Waals surface area contributed by atoms with Gasteiger partial charge in [-0.1, -0.05) is 19.0 Å². The zero-order chi connectivity index (χ0) is 18.1. The van der Waals surface area contributed by atoms with Crippen molar-refractivity contribution in [2.45, 2.75) is 70.9 Å². The average molecular weight is 375 g/mol. The lowest BCUT2D eigenvalue weighted by molar-refractivity contribution is 0.180. The first-order valence-electron chi connectivity index (χ1n) is 9.59. The fraction of sp³-hybridized carbons (Fsp3) is 0.632. The number of aromatic nitrogens is 2. The van der Waals surface area contributed by atoms with Gasteiger partial charge in [-0.25, -0.2) is 4.79 Å². The van der Waals surface area contributed by atoms with Crippen LogP contribution in [0.4, 0.5) is 4.79 Å². The lowest BCUT2D eigenvalue weighted by atomic mass is 9.96. The normalized spacial score (nSPS) is 19.8. The first-order valence-corrected chi connectivity index (χ1v) is 10.5. The molecule has 1 aliphatic heterocycles. The van der Waals surface area contributed by atoms with Crippen molar-refractivity contribution in [1.82, 2.24) is 20.4 Å². The van der Waals surface area contributed by atoms with Crippen LogP contribution < -0.4 is 5.32 Å². The Morgan fingerprint density at radius 2 is 2.23 bits per heavy atom. The van der Waals surface area contributed by atoms with E-state index in [1.165, 1.54) is 35.3 Å². The third kappa shape index (κ3) is 3.37. The fourth-order valence-corrected chi connectivity index (χ4v) is 5.01. The molecule has 3 heterocycles. The Balaban J connectivity index is 1.41. The third-order valence-corrected chi connectivity index (χ3v) is 6.49. The molecule has 6 nitrogen and oxygen atoms in total. The lowest BCUT2D eigenvalue weighted by Crippen LogP contribution is -2.39.